The summed E-state index contributed by atoms with van der Waals surface area (Å²) in [4.78, 5) is 16.3. The average molecular weight is 318 g/mol. The van der Waals surface area contributed by atoms with Gasteiger partial charge in [-0.15, -0.1) is 10.2 Å². The number of carbonyl (C=O) groups excluding carboxylic acids is 1. The molecule has 3 heterocycles. The van der Waals surface area contributed by atoms with E-state index in [-0.39, 0.29) is 5.91 Å². The molecule has 0 bridgehead atoms. The van der Waals surface area contributed by atoms with E-state index in [4.69, 9.17) is 0 Å². The Kier molecular flexibility index (Phi) is 3.51. The number of hydrogen-bond donors (Lipinski definition) is 1. The second-order valence-corrected chi connectivity index (χ2v) is 5.24. The number of aromatic nitrogens is 5. The van der Waals surface area contributed by atoms with Gasteiger partial charge in [0.15, 0.2) is 11.5 Å². The number of pyridine rings is 1. The molecule has 118 valence electrons. The number of imidazole rings is 1. The Bertz CT molecular complexity index is 972. The zero-order valence-electron chi connectivity index (χ0n) is 12.7. The van der Waals surface area contributed by atoms with Crippen LogP contribution in [0.1, 0.15) is 16.2 Å². The fourth-order valence-corrected chi connectivity index (χ4v) is 2.47. The van der Waals surface area contributed by atoms with Crippen molar-refractivity contribution in [1.29, 1.82) is 0 Å². The predicted octanol–water partition coefficient (Wildman–Crippen LogP) is 1.84. The summed E-state index contributed by atoms with van der Waals surface area (Å²) in [6, 6.07) is 13.0. The van der Waals surface area contributed by atoms with Gasteiger partial charge in [0.1, 0.15) is 0 Å². The molecule has 1 N–H and O–H groups in total. The molecular weight excluding hydrogens is 304 g/mol. The summed E-state index contributed by atoms with van der Waals surface area (Å²) >= 11 is 0. The lowest BCUT2D eigenvalue weighted by molar-refractivity contribution is 0.0950. The van der Waals surface area contributed by atoms with Crippen molar-refractivity contribution in [2.75, 3.05) is 0 Å². The van der Waals surface area contributed by atoms with E-state index in [2.05, 4.69) is 20.5 Å². The van der Waals surface area contributed by atoms with Gasteiger partial charge in [0.2, 0.25) is 0 Å². The van der Waals surface area contributed by atoms with Crippen molar-refractivity contribution in [2.24, 2.45) is 0 Å². The van der Waals surface area contributed by atoms with Gasteiger partial charge in [-0.1, -0.05) is 6.07 Å². The van der Waals surface area contributed by atoms with Crippen LogP contribution in [0.25, 0.3) is 11.3 Å². The molecule has 4 rings (SSSR count). The summed E-state index contributed by atoms with van der Waals surface area (Å²) < 4.78 is 3.73. The summed E-state index contributed by atoms with van der Waals surface area (Å²) in [5, 5.41) is 11.0. The highest BCUT2D eigenvalue weighted by Crippen LogP contribution is 2.09. The van der Waals surface area contributed by atoms with Crippen LogP contribution in [0.5, 0.6) is 0 Å². The van der Waals surface area contributed by atoms with Gasteiger partial charge in [-0.2, -0.15) is 0 Å². The molecule has 0 aliphatic carbocycles. The molecule has 0 atom stereocenters. The molecule has 0 fully saturated rings. The number of hydrogen-bond acceptors (Lipinski definition) is 4. The van der Waals surface area contributed by atoms with E-state index < -0.39 is 0 Å². The minimum Gasteiger partial charge on any atom is -0.345 e. The molecule has 3 aromatic heterocycles. The van der Waals surface area contributed by atoms with E-state index in [0.717, 1.165) is 11.3 Å². The maximum Gasteiger partial charge on any atom is 0.251 e. The zero-order valence-corrected chi connectivity index (χ0v) is 12.7. The van der Waals surface area contributed by atoms with Crippen molar-refractivity contribution < 1.29 is 4.79 Å². The topological polar surface area (TPSA) is 77.1 Å². The van der Waals surface area contributed by atoms with Gasteiger partial charge in [0.05, 0.1) is 12.9 Å². The van der Waals surface area contributed by atoms with Crippen molar-refractivity contribution in [3.8, 4) is 5.69 Å². The lowest BCUT2D eigenvalue weighted by atomic mass is 10.2. The molecule has 1 aromatic carbocycles. The average Bonchev–Trinajstić information content (AvgIpc) is 3.30. The highest BCUT2D eigenvalue weighted by molar-refractivity contribution is 5.94. The Labute approximate surface area is 137 Å². The number of rotatable bonds is 4. The number of nitrogens with one attached hydrogen (secondary N) is 1. The molecule has 7 heteroatoms. The van der Waals surface area contributed by atoms with E-state index in [1.54, 1.807) is 24.7 Å². The zero-order chi connectivity index (χ0) is 16.4. The van der Waals surface area contributed by atoms with Crippen LogP contribution in [-0.4, -0.2) is 30.1 Å². The number of nitrogens with zero attached hydrogens (tertiary/aromatic N) is 5. The van der Waals surface area contributed by atoms with Crippen molar-refractivity contribution in [1.82, 2.24) is 29.5 Å². The summed E-state index contributed by atoms with van der Waals surface area (Å²) in [5.74, 6) is 0.536. The molecule has 0 unspecified atom stereocenters. The van der Waals surface area contributed by atoms with E-state index in [1.165, 1.54) is 0 Å². The minimum atomic E-state index is -0.153. The third kappa shape index (κ3) is 2.63. The van der Waals surface area contributed by atoms with Crippen molar-refractivity contribution in [3.05, 3.63) is 78.8 Å². The molecule has 0 aliphatic rings. The maximum atomic E-state index is 12.3. The number of carbonyl (C=O) groups is 1. The smallest absolute Gasteiger partial charge is 0.251 e. The largest absolute Gasteiger partial charge is 0.345 e. The first-order valence-corrected chi connectivity index (χ1v) is 7.46. The van der Waals surface area contributed by atoms with E-state index in [0.29, 0.717) is 17.9 Å². The molecule has 0 aliphatic heterocycles. The Morgan fingerprint density at radius 2 is 1.92 bits per heavy atom. The van der Waals surface area contributed by atoms with Gasteiger partial charge in [-0.05, 0) is 36.4 Å². The first kappa shape index (κ1) is 14.1. The molecule has 4 aromatic rings. The lowest BCUT2D eigenvalue weighted by Gasteiger charge is -2.06. The van der Waals surface area contributed by atoms with Crippen molar-refractivity contribution in [2.45, 2.75) is 6.54 Å². The molecule has 0 spiro atoms. The van der Waals surface area contributed by atoms with E-state index >= 15 is 0 Å². The van der Waals surface area contributed by atoms with Crippen LogP contribution < -0.4 is 5.32 Å². The highest BCUT2D eigenvalue weighted by atomic mass is 16.1. The van der Waals surface area contributed by atoms with Gasteiger partial charge >= 0.3 is 0 Å². The summed E-state index contributed by atoms with van der Waals surface area (Å²) in [7, 11) is 0. The Morgan fingerprint density at radius 3 is 2.71 bits per heavy atom. The van der Waals surface area contributed by atoms with Gasteiger partial charge in [0.25, 0.3) is 5.91 Å². The van der Waals surface area contributed by atoms with Crippen LogP contribution in [0.4, 0.5) is 0 Å². The van der Waals surface area contributed by atoms with Gasteiger partial charge < -0.3 is 9.88 Å². The highest BCUT2D eigenvalue weighted by Gasteiger charge is 2.09. The van der Waals surface area contributed by atoms with Gasteiger partial charge in [-0.25, -0.2) is 4.98 Å². The normalized spacial score (nSPS) is 10.8. The number of amides is 1. The van der Waals surface area contributed by atoms with Crippen LogP contribution in [0.2, 0.25) is 0 Å². The van der Waals surface area contributed by atoms with Crippen molar-refractivity contribution >= 4 is 11.6 Å². The Balaban J connectivity index is 1.46. The fourth-order valence-electron chi connectivity index (χ4n) is 2.47. The Hall–Kier alpha value is -3.48. The second kappa shape index (κ2) is 5.96. The number of fused-ring (bicyclic) bond motifs is 1. The first-order chi connectivity index (χ1) is 11.8. The summed E-state index contributed by atoms with van der Waals surface area (Å²) in [5.41, 5.74) is 2.30. The van der Waals surface area contributed by atoms with Gasteiger partial charge in [-0.3, -0.25) is 9.20 Å². The van der Waals surface area contributed by atoms with E-state index in [9.17, 15) is 4.79 Å². The first-order valence-electron chi connectivity index (χ1n) is 7.46. The second-order valence-electron chi connectivity index (χ2n) is 5.24. The third-order valence-electron chi connectivity index (χ3n) is 3.72. The SMILES string of the molecule is O=C(NCc1nnc2ccccn12)c1ccc(-n2ccnc2)cc1. The van der Waals surface area contributed by atoms with Crippen molar-refractivity contribution in [3.63, 3.8) is 0 Å². The molecule has 1 amide bonds. The Morgan fingerprint density at radius 1 is 1.04 bits per heavy atom. The fraction of sp³-hybridized carbons (Fsp3) is 0.0588. The molecular formula is C17H14N6O. The molecule has 0 saturated heterocycles. The van der Waals surface area contributed by atoms with E-state index in [1.807, 2.05) is 51.7 Å². The van der Waals surface area contributed by atoms with Crippen LogP contribution >= 0.6 is 0 Å². The monoisotopic (exact) mass is 318 g/mol. The molecule has 0 saturated carbocycles. The van der Waals surface area contributed by atoms with Crippen LogP contribution in [0, 0.1) is 0 Å². The maximum absolute atomic E-state index is 12.3. The third-order valence-corrected chi connectivity index (χ3v) is 3.72. The van der Waals surface area contributed by atoms with Crippen LogP contribution in [-0.2, 0) is 6.54 Å². The minimum absolute atomic E-state index is 0.153. The number of benzene rings is 1. The predicted molar refractivity (Wildman–Crippen MR) is 87.7 cm³/mol. The summed E-state index contributed by atoms with van der Waals surface area (Å²) in [6.07, 6.45) is 7.15. The van der Waals surface area contributed by atoms with Crippen LogP contribution in [0.3, 0.4) is 0 Å². The lowest BCUT2D eigenvalue weighted by Crippen LogP contribution is -2.24. The van der Waals surface area contributed by atoms with Crippen LogP contribution in [0.15, 0.2) is 67.4 Å². The molecule has 24 heavy (non-hydrogen) atoms. The van der Waals surface area contributed by atoms with Gasteiger partial charge in [0, 0.05) is 29.8 Å². The molecule has 0 radical (unpaired) electrons. The molecule has 7 nitrogen and oxygen atoms in total. The standard InChI is InChI=1S/C17H14N6O/c24-17(13-4-6-14(7-5-13)22-10-8-18-12-22)19-11-16-21-20-15-3-1-2-9-23(15)16/h1-10,12H,11H2,(H,19,24). The summed E-state index contributed by atoms with van der Waals surface area (Å²) in [6.45, 7) is 0.313. The quantitative estimate of drug-likeness (QED) is 0.623.